The Bertz CT molecular complexity index is 292. The molecule has 0 rings (SSSR count). The molecule has 0 saturated carbocycles. The molecule has 0 radical (unpaired) electrons. The lowest BCUT2D eigenvalue weighted by Gasteiger charge is -2.33. The van der Waals surface area contributed by atoms with Crippen LogP contribution in [0.4, 0.5) is 30.7 Å². The number of rotatable bonds is 3. The zero-order valence-electron chi connectivity index (χ0n) is 8.09. The van der Waals surface area contributed by atoms with Gasteiger partial charge < -0.3 is 5.11 Å². The first-order valence-corrected chi connectivity index (χ1v) is 4.98. The summed E-state index contributed by atoms with van der Waals surface area (Å²) in [5.74, 6) is -1.96. The Morgan fingerprint density at radius 1 is 1.06 bits per heavy atom. The summed E-state index contributed by atoms with van der Waals surface area (Å²) in [5.41, 5.74) is -5.55. The molecule has 1 atom stereocenters. The van der Waals surface area contributed by atoms with Gasteiger partial charge in [0.25, 0.3) is 0 Å². The van der Waals surface area contributed by atoms with Crippen molar-refractivity contribution in [2.45, 2.75) is 34.8 Å². The number of aliphatic carboxylic acids is 1. The average molecular weight is 382 g/mol. The number of halogens is 8. The second kappa shape index (κ2) is 4.43. The molecular formula is C7H6F7IO2. The minimum Gasteiger partial charge on any atom is -0.480 e. The van der Waals surface area contributed by atoms with Crippen molar-refractivity contribution in [3.8, 4) is 0 Å². The highest BCUT2D eigenvalue weighted by Crippen LogP contribution is 2.51. The Labute approximate surface area is 104 Å². The zero-order valence-corrected chi connectivity index (χ0v) is 10.2. The van der Waals surface area contributed by atoms with E-state index >= 15 is 0 Å². The summed E-state index contributed by atoms with van der Waals surface area (Å²) in [6.45, 7) is 0.571. The van der Waals surface area contributed by atoms with E-state index in [9.17, 15) is 35.5 Å². The lowest BCUT2D eigenvalue weighted by atomic mass is 9.91. The van der Waals surface area contributed by atoms with Crippen LogP contribution in [0.5, 0.6) is 0 Å². The van der Waals surface area contributed by atoms with Gasteiger partial charge in [-0.1, -0.05) is 22.6 Å². The summed E-state index contributed by atoms with van der Waals surface area (Å²) in [7, 11) is 0. The summed E-state index contributed by atoms with van der Waals surface area (Å²) in [4.78, 5) is 10.4. The van der Waals surface area contributed by atoms with Crippen molar-refractivity contribution in [3.63, 3.8) is 0 Å². The van der Waals surface area contributed by atoms with Crippen LogP contribution in [-0.2, 0) is 4.79 Å². The highest BCUT2D eigenvalue weighted by molar-refractivity contribution is 14.1. The molecule has 0 aromatic heterocycles. The third-order valence-corrected chi connectivity index (χ3v) is 2.76. The zero-order chi connectivity index (χ0) is 14.3. The molecule has 0 heterocycles. The van der Waals surface area contributed by atoms with Gasteiger partial charge in [0, 0.05) is 6.42 Å². The van der Waals surface area contributed by atoms with Crippen LogP contribution in [0.15, 0.2) is 0 Å². The number of alkyl halides is 8. The Hall–Kier alpha value is -0.290. The maximum atomic E-state index is 13.1. The third kappa shape index (κ3) is 3.35. The smallest absolute Gasteiger partial charge is 0.431 e. The van der Waals surface area contributed by atoms with Gasteiger partial charge in [0.15, 0.2) is 0 Å². The van der Waals surface area contributed by atoms with E-state index in [0.29, 0.717) is 6.92 Å². The van der Waals surface area contributed by atoms with Gasteiger partial charge in [0.2, 0.25) is 0 Å². The fourth-order valence-corrected chi connectivity index (χ4v) is 1.42. The van der Waals surface area contributed by atoms with Gasteiger partial charge in [-0.3, -0.25) is 4.79 Å². The molecule has 0 fully saturated rings. The predicted octanol–water partition coefficient (Wildman–Crippen LogP) is 3.49. The average Bonchev–Trinajstić information content (AvgIpc) is 1.98. The molecule has 17 heavy (non-hydrogen) atoms. The second-order valence-electron chi connectivity index (χ2n) is 3.48. The van der Waals surface area contributed by atoms with Crippen LogP contribution in [0.2, 0.25) is 0 Å². The molecule has 1 N–H and O–H groups in total. The molecule has 0 bridgehead atoms. The lowest BCUT2D eigenvalue weighted by molar-refractivity contribution is -0.344. The van der Waals surface area contributed by atoms with E-state index < -0.39 is 33.8 Å². The fourth-order valence-electron chi connectivity index (χ4n) is 0.894. The lowest BCUT2D eigenvalue weighted by Crippen LogP contribution is -2.57. The third-order valence-electron chi connectivity index (χ3n) is 1.92. The molecule has 10 heteroatoms. The van der Waals surface area contributed by atoms with E-state index in [1.807, 2.05) is 0 Å². The summed E-state index contributed by atoms with van der Waals surface area (Å²) in [6.07, 6.45) is -14.7. The molecule has 0 aliphatic carbocycles. The summed E-state index contributed by atoms with van der Waals surface area (Å²) in [6, 6.07) is 0. The maximum Gasteiger partial charge on any atom is 0.431 e. The largest absolute Gasteiger partial charge is 0.480 e. The van der Waals surface area contributed by atoms with E-state index in [2.05, 4.69) is 0 Å². The van der Waals surface area contributed by atoms with Crippen molar-refractivity contribution in [1.29, 1.82) is 0 Å². The first kappa shape index (κ1) is 16.7. The molecule has 2 nitrogen and oxygen atoms in total. The van der Waals surface area contributed by atoms with Crippen molar-refractivity contribution in [2.24, 2.45) is 0 Å². The number of carboxylic acids is 1. The Morgan fingerprint density at radius 2 is 1.35 bits per heavy atom. The number of carboxylic acid groups (broad SMARTS) is 1. The van der Waals surface area contributed by atoms with E-state index in [4.69, 9.17) is 5.11 Å². The van der Waals surface area contributed by atoms with Crippen LogP contribution in [0, 0.1) is 0 Å². The van der Waals surface area contributed by atoms with E-state index in [-0.39, 0.29) is 0 Å². The summed E-state index contributed by atoms with van der Waals surface area (Å²) < 4.78 is 83.2. The molecule has 0 saturated heterocycles. The van der Waals surface area contributed by atoms with Crippen LogP contribution in [0.25, 0.3) is 0 Å². The number of hydrogen-bond donors (Lipinski definition) is 1. The van der Waals surface area contributed by atoms with Crippen molar-refractivity contribution in [3.05, 3.63) is 0 Å². The molecule has 1 unspecified atom stereocenters. The Balaban J connectivity index is 5.49. The standard InChI is InChI=1S/C7H6F7IO2/c1-4(15,3(16)17)2-5(8,6(9,10)11)7(12,13)14/h2H2,1H3,(H,16,17). The van der Waals surface area contributed by atoms with Crippen molar-refractivity contribution in [2.75, 3.05) is 0 Å². The first-order valence-electron chi connectivity index (χ1n) is 3.90. The minimum atomic E-state index is -6.23. The summed E-state index contributed by atoms with van der Waals surface area (Å²) >= 11 is 0.831. The normalized spacial score (nSPS) is 17.7. The quantitative estimate of drug-likeness (QED) is 0.461. The van der Waals surface area contributed by atoms with Gasteiger partial charge in [-0.05, 0) is 6.92 Å². The summed E-state index contributed by atoms with van der Waals surface area (Å²) in [5, 5.41) is 8.43. The molecular weight excluding hydrogens is 376 g/mol. The topological polar surface area (TPSA) is 37.3 Å². The van der Waals surface area contributed by atoms with Crippen molar-refractivity contribution >= 4 is 28.6 Å². The highest BCUT2D eigenvalue weighted by Gasteiger charge is 2.74. The molecule has 0 aliphatic rings. The SMILES string of the molecule is CC(I)(CC(F)(C(F)(F)F)C(F)(F)F)C(=O)O. The monoisotopic (exact) mass is 382 g/mol. The Morgan fingerprint density at radius 3 is 1.53 bits per heavy atom. The van der Waals surface area contributed by atoms with Gasteiger partial charge in [-0.2, -0.15) is 26.3 Å². The molecule has 0 amide bonds. The fraction of sp³-hybridized carbons (Fsp3) is 0.857. The van der Waals surface area contributed by atoms with Crippen LogP contribution in [-0.4, -0.2) is 32.5 Å². The second-order valence-corrected chi connectivity index (χ2v) is 5.86. The van der Waals surface area contributed by atoms with Gasteiger partial charge >= 0.3 is 24.0 Å². The van der Waals surface area contributed by atoms with Crippen LogP contribution < -0.4 is 0 Å². The molecule has 0 aliphatic heterocycles. The molecule has 102 valence electrons. The molecule has 0 spiro atoms. The van der Waals surface area contributed by atoms with Crippen LogP contribution in [0.1, 0.15) is 13.3 Å². The van der Waals surface area contributed by atoms with Crippen LogP contribution in [0.3, 0.4) is 0 Å². The van der Waals surface area contributed by atoms with Gasteiger partial charge in [0.05, 0.1) is 0 Å². The molecule has 0 aromatic rings. The van der Waals surface area contributed by atoms with E-state index in [0.717, 1.165) is 22.6 Å². The van der Waals surface area contributed by atoms with Crippen molar-refractivity contribution in [1.82, 2.24) is 0 Å². The number of hydrogen-bond acceptors (Lipinski definition) is 1. The molecule has 0 aromatic carbocycles. The first-order chi connectivity index (χ1) is 7.15. The minimum absolute atomic E-state index is 0.571. The predicted molar refractivity (Wildman–Crippen MR) is 50.6 cm³/mol. The van der Waals surface area contributed by atoms with Gasteiger partial charge in [-0.25, -0.2) is 4.39 Å². The van der Waals surface area contributed by atoms with Crippen molar-refractivity contribution < 1.29 is 40.6 Å². The number of carbonyl (C=O) groups is 1. The highest BCUT2D eigenvalue weighted by atomic mass is 127. The maximum absolute atomic E-state index is 13.1. The Kier molecular flexibility index (Phi) is 4.35. The van der Waals surface area contributed by atoms with E-state index in [1.54, 1.807) is 0 Å². The van der Waals surface area contributed by atoms with Gasteiger partial charge in [-0.15, -0.1) is 0 Å². The van der Waals surface area contributed by atoms with Crippen LogP contribution >= 0.6 is 22.6 Å². The van der Waals surface area contributed by atoms with E-state index in [1.165, 1.54) is 0 Å². The van der Waals surface area contributed by atoms with Gasteiger partial charge in [0.1, 0.15) is 3.42 Å².